The molecule has 2 heterocycles. The second kappa shape index (κ2) is 6.65. The molecule has 2 aromatic heterocycles. The van der Waals surface area contributed by atoms with Gasteiger partial charge in [0.2, 0.25) is 0 Å². The average molecular weight is 346 g/mol. The number of hydrogen-bond acceptors (Lipinski definition) is 4. The molecule has 25 heavy (non-hydrogen) atoms. The third-order valence-electron chi connectivity index (χ3n) is 4.04. The number of fused-ring (bicyclic) bond motifs is 1. The molecule has 138 valence electrons. The van der Waals surface area contributed by atoms with Crippen LogP contribution in [0.2, 0.25) is 0 Å². The van der Waals surface area contributed by atoms with Crippen molar-refractivity contribution in [3.05, 3.63) is 23.8 Å². The van der Waals surface area contributed by atoms with E-state index in [4.69, 9.17) is 4.74 Å². The zero-order chi connectivity index (χ0) is 19.0. The van der Waals surface area contributed by atoms with Crippen molar-refractivity contribution in [1.82, 2.24) is 19.9 Å². The topological polar surface area (TPSA) is 69.0 Å². The van der Waals surface area contributed by atoms with E-state index in [-0.39, 0.29) is 11.5 Å². The maximum Gasteiger partial charge on any atom is 0.407 e. The van der Waals surface area contributed by atoms with Gasteiger partial charge >= 0.3 is 6.09 Å². The Hall–Kier alpha value is -2.11. The molecule has 0 saturated carbocycles. The van der Waals surface area contributed by atoms with Gasteiger partial charge in [-0.1, -0.05) is 20.8 Å². The van der Waals surface area contributed by atoms with Gasteiger partial charge in [-0.2, -0.15) is 0 Å². The molecule has 0 saturated heterocycles. The van der Waals surface area contributed by atoms with E-state index in [1.165, 1.54) is 0 Å². The highest BCUT2D eigenvalue weighted by molar-refractivity contribution is 5.76. The van der Waals surface area contributed by atoms with Gasteiger partial charge in [0.25, 0.3) is 0 Å². The van der Waals surface area contributed by atoms with E-state index in [2.05, 4.69) is 53.6 Å². The number of rotatable bonds is 3. The summed E-state index contributed by atoms with van der Waals surface area (Å²) in [5.41, 5.74) is 1.41. The number of carbonyl (C=O) groups is 1. The second-order valence-electron chi connectivity index (χ2n) is 8.62. The van der Waals surface area contributed by atoms with Crippen LogP contribution >= 0.6 is 0 Å². The largest absolute Gasteiger partial charge is 0.444 e. The van der Waals surface area contributed by atoms with E-state index < -0.39 is 11.7 Å². The van der Waals surface area contributed by atoms with Crippen molar-refractivity contribution >= 4 is 17.1 Å². The molecule has 0 fully saturated rings. The van der Waals surface area contributed by atoms with Crippen molar-refractivity contribution in [2.45, 2.75) is 67.0 Å². The Balaban J connectivity index is 2.35. The lowest BCUT2D eigenvalue weighted by atomic mass is 9.86. The maximum absolute atomic E-state index is 12.1. The van der Waals surface area contributed by atoms with Gasteiger partial charge < -0.3 is 14.6 Å². The van der Waals surface area contributed by atoms with Gasteiger partial charge in [-0.3, -0.25) is 0 Å². The standard InChI is InChI=1S/C19H30N4O2/c1-12-9-14-10-20-13(2)22-16(14)23(12)15(18(3,4)5)11-21-17(24)25-19(6,7)8/h9-10,15H,11H2,1-8H3,(H,21,24). The van der Waals surface area contributed by atoms with Crippen LogP contribution in [0.25, 0.3) is 11.0 Å². The molecular formula is C19H30N4O2. The zero-order valence-corrected chi connectivity index (χ0v) is 16.6. The first-order chi connectivity index (χ1) is 11.4. The first-order valence-corrected chi connectivity index (χ1v) is 8.66. The highest BCUT2D eigenvalue weighted by atomic mass is 16.6. The van der Waals surface area contributed by atoms with Crippen LogP contribution in [-0.2, 0) is 4.74 Å². The molecular weight excluding hydrogens is 316 g/mol. The maximum atomic E-state index is 12.1. The lowest BCUT2D eigenvalue weighted by Gasteiger charge is -2.34. The summed E-state index contributed by atoms with van der Waals surface area (Å²) in [6.45, 7) is 16.5. The monoisotopic (exact) mass is 346 g/mol. The molecule has 1 amide bonds. The van der Waals surface area contributed by atoms with E-state index >= 15 is 0 Å². The predicted octanol–water partition coefficient (Wildman–Crippen LogP) is 4.16. The van der Waals surface area contributed by atoms with Gasteiger partial charge in [-0.25, -0.2) is 14.8 Å². The zero-order valence-electron chi connectivity index (χ0n) is 16.6. The number of carbonyl (C=O) groups excluding carboxylic acids is 1. The summed E-state index contributed by atoms with van der Waals surface area (Å²) < 4.78 is 7.57. The number of alkyl carbamates (subject to hydrolysis) is 1. The van der Waals surface area contributed by atoms with Gasteiger partial charge in [0.15, 0.2) is 0 Å². The molecule has 0 aliphatic rings. The fraction of sp³-hybridized carbons (Fsp3) is 0.632. The summed E-state index contributed by atoms with van der Waals surface area (Å²) >= 11 is 0. The van der Waals surface area contributed by atoms with Crippen LogP contribution in [0.3, 0.4) is 0 Å². The number of aryl methyl sites for hydroxylation is 2. The highest BCUT2D eigenvalue weighted by Crippen LogP contribution is 2.34. The van der Waals surface area contributed by atoms with Crippen molar-refractivity contribution < 1.29 is 9.53 Å². The Morgan fingerprint density at radius 2 is 1.88 bits per heavy atom. The molecule has 0 radical (unpaired) electrons. The first-order valence-electron chi connectivity index (χ1n) is 8.66. The molecule has 0 bridgehead atoms. The molecule has 6 nitrogen and oxygen atoms in total. The minimum atomic E-state index is -0.512. The van der Waals surface area contributed by atoms with E-state index in [0.29, 0.717) is 6.54 Å². The quantitative estimate of drug-likeness (QED) is 0.906. The van der Waals surface area contributed by atoms with Crippen molar-refractivity contribution in [2.24, 2.45) is 5.41 Å². The Kier molecular flexibility index (Phi) is 5.11. The molecule has 1 atom stereocenters. The van der Waals surface area contributed by atoms with E-state index in [1.807, 2.05) is 33.9 Å². The van der Waals surface area contributed by atoms with Crippen LogP contribution in [0.15, 0.2) is 12.3 Å². The number of hydrogen-bond donors (Lipinski definition) is 1. The van der Waals surface area contributed by atoms with E-state index in [1.54, 1.807) is 0 Å². The molecule has 0 aliphatic carbocycles. The number of nitrogens with zero attached hydrogens (tertiary/aromatic N) is 3. The minimum Gasteiger partial charge on any atom is -0.444 e. The lowest BCUT2D eigenvalue weighted by Crippen LogP contribution is -2.40. The summed E-state index contributed by atoms with van der Waals surface area (Å²) in [6.07, 6.45) is 1.45. The van der Waals surface area contributed by atoms with Crippen LogP contribution in [0, 0.1) is 19.3 Å². The summed E-state index contributed by atoms with van der Waals surface area (Å²) in [5, 5.41) is 3.92. The Bertz CT molecular complexity index is 766. The van der Waals surface area contributed by atoms with Crippen LogP contribution in [0.4, 0.5) is 4.79 Å². The van der Waals surface area contributed by atoms with Crippen LogP contribution in [-0.4, -0.2) is 32.8 Å². The van der Waals surface area contributed by atoms with Gasteiger partial charge in [0, 0.05) is 23.8 Å². The SMILES string of the molecule is Cc1ncc2cc(C)n(C(CNC(=O)OC(C)(C)C)C(C)(C)C)c2n1. The smallest absolute Gasteiger partial charge is 0.407 e. The van der Waals surface area contributed by atoms with Gasteiger partial charge in [-0.05, 0) is 46.1 Å². The van der Waals surface area contributed by atoms with Crippen molar-refractivity contribution in [1.29, 1.82) is 0 Å². The van der Waals surface area contributed by atoms with E-state index in [0.717, 1.165) is 22.6 Å². The number of aromatic nitrogens is 3. The van der Waals surface area contributed by atoms with Crippen LogP contribution in [0.5, 0.6) is 0 Å². The predicted molar refractivity (Wildman–Crippen MR) is 99.7 cm³/mol. The fourth-order valence-corrected chi connectivity index (χ4v) is 2.90. The van der Waals surface area contributed by atoms with E-state index in [9.17, 15) is 4.79 Å². The first kappa shape index (κ1) is 19.2. The summed E-state index contributed by atoms with van der Waals surface area (Å²) in [4.78, 5) is 21.0. The van der Waals surface area contributed by atoms with Crippen LogP contribution in [0.1, 0.15) is 59.1 Å². The Labute approximate surface area is 150 Å². The molecule has 0 aromatic carbocycles. The normalized spacial score (nSPS) is 13.8. The van der Waals surface area contributed by atoms with Crippen LogP contribution < -0.4 is 5.32 Å². The summed E-state index contributed by atoms with van der Waals surface area (Å²) in [5.74, 6) is 0.736. The second-order valence-corrected chi connectivity index (χ2v) is 8.62. The molecule has 1 unspecified atom stereocenters. The molecule has 2 rings (SSSR count). The molecule has 1 N–H and O–H groups in total. The molecule has 0 aliphatic heterocycles. The molecule has 2 aromatic rings. The highest BCUT2D eigenvalue weighted by Gasteiger charge is 2.30. The number of ether oxygens (including phenoxy) is 1. The molecule has 6 heteroatoms. The minimum absolute atomic E-state index is 0.0341. The number of amides is 1. The number of nitrogens with one attached hydrogen (secondary N) is 1. The third-order valence-corrected chi connectivity index (χ3v) is 4.04. The van der Waals surface area contributed by atoms with Gasteiger partial charge in [-0.15, -0.1) is 0 Å². The van der Waals surface area contributed by atoms with Crippen molar-refractivity contribution in [2.75, 3.05) is 6.54 Å². The van der Waals surface area contributed by atoms with Gasteiger partial charge in [0.1, 0.15) is 17.1 Å². The average Bonchev–Trinajstić information content (AvgIpc) is 2.72. The third kappa shape index (κ3) is 4.71. The lowest BCUT2D eigenvalue weighted by molar-refractivity contribution is 0.0508. The Morgan fingerprint density at radius 1 is 1.24 bits per heavy atom. The molecule has 0 spiro atoms. The Morgan fingerprint density at radius 3 is 2.44 bits per heavy atom. The summed E-state index contributed by atoms with van der Waals surface area (Å²) in [7, 11) is 0. The fourth-order valence-electron chi connectivity index (χ4n) is 2.90. The van der Waals surface area contributed by atoms with Gasteiger partial charge in [0.05, 0.1) is 6.04 Å². The van der Waals surface area contributed by atoms with Crippen molar-refractivity contribution in [3.8, 4) is 0 Å². The summed E-state index contributed by atoms with van der Waals surface area (Å²) in [6, 6.07) is 2.12. The van der Waals surface area contributed by atoms with Crippen molar-refractivity contribution in [3.63, 3.8) is 0 Å².